The number of nitrogens with one attached hydrogen (secondary N) is 1. The zero-order valence-electron chi connectivity index (χ0n) is 14.9. The molecule has 2 heterocycles. The average molecular weight is 339 g/mol. The Balaban J connectivity index is 1.49. The Morgan fingerprint density at radius 1 is 1.00 bits per heavy atom. The van der Waals surface area contributed by atoms with Gasteiger partial charge in [-0.05, 0) is 51.0 Å². The summed E-state index contributed by atoms with van der Waals surface area (Å²) in [5, 5.41) is 2.72. The first-order valence-corrected chi connectivity index (χ1v) is 8.81. The van der Waals surface area contributed by atoms with E-state index in [0.717, 1.165) is 25.9 Å². The third-order valence-electron chi connectivity index (χ3n) is 4.94. The highest BCUT2D eigenvalue weighted by Crippen LogP contribution is 2.26. The van der Waals surface area contributed by atoms with E-state index in [9.17, 15) is 9.59 Å². The lowest BCUT2D eigenvalue weighted by Gasteiger charge is -2.34. The second kappa shape index (κ2) is 7.55. The fourth-order valence-corrected chi connectivity index (χ4v) is 3.59. The maximum Gasteiger partial charge on any atom is 0.251 e. The van der Waals surface area contributed by atoms with E-state index in [2.05, 4.69) is 35.9 Å². The number of carbonyl (C=O) groups excluding carboxylic acids is 2. The molecule has 3 rings (SSSR count). The summed E-state index contributed by atoms with van der Waals surface area (Å²) in [6.07, 6.45) is 1.91. The van der Waals surface area contributed by atoms with E-state index in [0.29, 0.717) is 11.6 Å². The molecule has 1 aliphatic rings. The standard InChI is InChI=1S/C20H25N3O2/c1-15-8-9-16(2)23(15)18-10-12-22(13-11-18)19(24)14-21-20(25)17-6-4-3-5-7-17/h3-9,18H,10-14H2,1-2H3,(H,21,25). The molecule has 25 heavy (non-hydrogen) atoms. The van der Waals surface area contributed by atoms with Crippen LogP contribution in [0.2, 0.25) is 0 Å². The first kappa shape index (κ1) is 17.3. The predicted molar refractivity (Wildman–Crippen MR) is 97.5 cm³/mol. The van der Waals surface area contributed by atoms with Gasteiger partial charge in [0.05, 0.1) is 6.54 Å². The van der Waals surface area contributed by atoms with Crippen LogP contribution in [0.3, 0.4) is 0 Å². The van der Waals surface area contributed by atoms with E-state index in [4.69, 9.17) is 0 Å². The monoisotopic (exact) mass is 339 g/mol. The molecule has 2 amide bonds. The van der Waals surface area contributed by atoms with Crippen LogP contribution in [0.25, 0.3) is 0 Å². The topological polar surface area (TPSA) is 54.3 Å². The smallest absolute Gasteiger partial charge is 0.251 e. The van der Waals surface area contributed by atoms with Gasteiger partial charge in [0.15, 0.2) is 0 Å². The van der Waals surface area contributed by atoms with Gasteiger partial charge in [0, 0.05) is 36.1 Å². The largest absolute Gasteiger partial charge is 0.346 e. The van der Waals surface area contributed by atoms with Crippen LogP contribution in [0, 0.1) is 13.8 Å². The van der Waals surface area contributed by atoms with Crippen molar-refractivity contribution in [2.45, 2.75) is 32.7 Å². The summed E-state index contributed by atoms with van der Waals surface area (Å²) in [7, 11) is 0. The molecule has 5 nitrogen and oxygen atoms in total. The maximum atomic E-state index is 12.4. The van der Waals surface area contributed by atoms with E-state index in [-0.39, 0.29) is 18.4 Å². The normalized spacial score (nSPS) is 15.2. The van der Waals surface area contributed by atoms with Gasteiger partial charge in [0.25, 0.3) is 5.91 Å². The molecular weight excluding hydrogens is 314 g/mol. The van der Waals surface area contributed by atoms with Gasteiger partial charge < -0.3 is 14.8 Å². The number of rotatable bonds is 4. The van der Waals surface area contributed by atoms with Crippen molar-refractivity contribution in [2.75, 3.05) is 19.6 Å². The Morgan fingerprint density at radius 3 is 2.20 bits per heavy atom. The van der Waals surface area contributed by atoms with Crippen LogP contribution in [0.15, 0.2) is 42.5 Å². The molecule has 0 radical (unpaired) electrons. The van der Waals surface area contributed by atoms with Gasteiger partial charge in [0.1, 0.15) is 0 Å². The summed E-state index contributed by atoms with van der Waals surface area (Å²) >= 11 is 0. The van der Waals surface area contributed by atoms with Crippen LogP contribution in [-0.2, 0) is 4.79 Å². The van der Waals surface area contributed by atoms with Crippen LogP contribution < -0.4 is 5.32 Å². The molecule has 1 aromatic heterocycles. The van der Waals surface area contributed by atoms with Gasteiger partial charge in [-0.15, -0.1) is 0 Å². The Kier molecular flexibility index (Phi) is 5.22. The molecule has 0 aliphatic carbocycles. The second-order valence-electron chi connectivity index (χ2n) is 6.65. The number of aromatic nitrogens is 1. The van der Waals surface area contributed by atoms with E-state index in [1.165, 1.54) is 11.4 Å². The number of likely N-dealkylation sites (tertiary alicyclic amines) is 1. The lowest BCUT2D eigenvalue weighted by molar-refractivity contribution is -0.131. The maximum absolute atomic E-state index is 12.4. The molecule has 132 valence electrons. The zero-order valence-corrected chi connectivity index (χ0v) is 14.9. The van der Waals surface area contributed by atoms with E-state index < -0.39 is 0 Å². The van der Waals surface area contributed by atoms with E-state index in [1.54, 1.807) is 12.1 Å². The number of piperidine rings is 1. The summed E-state index contributed by atoms with van der Waals surface area (Å²) < 4.78 is 2.37. The van der Waals surface area contributed by atoms with Crippen molar-refractivity contribution in [1.29, 1.82) is 0 Å². The summed E-state index contributed by atoms with van der Waals surface area (Å²) in [6.45, 7) is 5.79. The predicted octanol–water partition coefficient (Wildman–Crippen LogP) is 2.70. The first-order valence-electron chi connectivity index (χ1n) is 8.81. The van der Waals surface area contributed by atoms with E-state index in [1.807, 2.05) is 23.1 Å². The van der Waals surface area contributed by atoms with Crippen molar-refractivity contribution in [3.05, 3.63) is 59.4 Å². The molecule has 0 spiro atoms. The molecular formula is C20H25N3O2. The first-order chi connectivity index (χ1) is 12.1. The lowest BCUT2D eigenvalue weighted by atomic mass is 10.0. The van der Waals surface area contributed by atoms with Crippen LogP contribution in [0.5, 0.6) is 0 Å². The minimum atomic E-state index is -0.206. The molecule has 0 atom stereocenters. The molecule has 1 saturated heterocycles. The van der Waals surface area contributed by atoms with Crippen LogP contribution in [0.1, 0.15) is 40.6 Å². The highest BCUT2D eigenvalue weighted by atomic mass is 16.2. The van der Waals surface area contributed by atoms with Gasteiger partial charge in [-0.25, -0.2) is 0 Å². The Labute approximate surface area is 148 Å². The van der Waals surface area contributed by atoms with E-state index >= 15 is 0 Å². The fraction of sp³-hybridized carbons (Fsp3) is 0.400. The molecule has 2 aromatic rings. The second-order valence-corrected chi connectivity index (χ2v) is 6.65. The number of benzene rings is 1. The van der Waals surface area contributed by atoms with Crippen molar-refractivity contribution >= 4 is 11.8 Å². The minimum Gasteiger partial charge on any atom is -0.346 e. The van der Waals surface area contributed by atoms with Gasteiger partial charge >= 0.3 is 0 Å². The summed E-state index contributed by atoms with van der Waals surface area (Å²) in [5.74, 6) is -0.217. The zero-order chi connectivity index (χ0) is 17.8. The number of hydrogen-bond acceptors (Lipinski definition) is 2. The van der Waals surface area contributed by atoms with Crippen LogP contribution in [-0.4, -0.2) is 40.9 Å². The molecule has 1 N–H and O–H groups in total. The summed E-state index contributed by atoms with van der Waals surface area (Å²) in [5.41, 5.74) is 3.13. The molecule has 0 bridgehead atoms. The molecule has 0 saturated carbocycles. The fourth-order valence-electron chi connectivity index (χ4n) is 3.59. The minimum absolute atomic E-state index is 0.0105. The molecule has 1 aromatic carbocycles. The Morgan fingerprint density at radius 2 is 1.60 bits per heavy atom. The highest BCUT2D eigenvalue weighted by Gasteiger charge is 2.25. The van der Waals surface area contributed by atoms with Gasteiger partial charge in [0.2, 0.25) is 5.91 Å². The van der Waals surface area contributed by atoms with Crippen molar-refractivity contribution in [3.8, 4) is 0 Å². The van der Waals surface area contributed by atoms with Crippen molar-refractivity contribution in [1.82, 2.24) is 14.8 Å². The van der Waals surface area contributed by atoms with Crippen molar-refractivity contribution < 1.29 is 9.59 Å². The summed E-state index contributed by atoms with van der Waals surface area (Å²) in [4.78, 5) is 26.3. The number of nitrogens with zero attached hydrogens (tertiary/aromatic N) is 2. The van der Waals surface area contributed by atoms with Gasteiger partial charge in [-0.3, -0.25) is 9.59 Å². The number of amides is 2. The third-order valence-corrected chi connectivity index (χ3v) is 4.94. The quantitative estimate of drug-likeness (QED) is 0.931. The van der Waals surface area contributed by atoms with Crippen molar-refractivity contribution in [3.63, 3.8) is 0 Å². The summed E-state index contributed by atoms with van der Waals surface area (Å²) in [6, 6.07) is 13.7. The highest BCUT2D eigenvalue weighted by molar-refractivity contribution is 5.96. The lowest BCUT2D eigenvalue weighted by Crippen LogP contribution is -2.44. The Hall–Kier alpha value is -2.56. The number of carbonyl (C=O) groups is 2. The van der Waals surface area contributed by atoms with Crippen molar-refractivity contribution in [2.24, 2.45) is 0 Å². The van der Waals surface area contributed by atoms with Gasteiger partial charge in [-0.2, -0.15) is 0 Å². The van der Waals surface area contributed by atoms with Gasteiger partial charge in [-0.1, -0.05) is 18.2 Å². The van der Waals surface area contributed by atoms with Crippen LogP contribution in [0.4, 0.5) is 0 Å². The average Bonchev–Trinajstić information content (AvgIpc) is 2.98. The number of aryl methyl sites for hydroxylation is 2. The Bertz CT molecular complexity index is 724. The SMILES string of the molecule is Cc1ccc(C)n1C1CCN(C(=O)CNC(=O)c2ccccc2)CC1. The molecule has 1 aliphatic heterocycles. The van der Waals surface area contributed by atoms with Crippen LogP contribution >= 0.6 is 0 Å². The number of hydrogen-bond donors (Lipinski definition) is 1. The third kappa shape index (κ3) is 3.92. The molecule has 0 unspecified atom stereocenters. The molecule has 5 heteroatoms. The molecule has 1 fully saturated rings.